The fourth-order valence-electron chi connectivity index (χ4n) is 9.16. The van der Waals surface area contributed by atoms with Gasteiger partial charge in [0, 0.05) is 22.1 Å². The van der Waals surface area contributed by atoms with E-state index in [1.165, 1.54) is 44.3 Å². The van der Waals surface area contributed by atoms with E-state index in [0.29, 0.717) is 17.5 Å². The van der Waals surface area contributed by atoms with Crippen LogP contribution in [-0.2, 0) is 5.41 Å². The Bertz CT molecular complexity index is 3170. The molecule has 1 heterocycles. The van der Waals surface area contributed by atoms with Crippen LogP contribution in [0.3, 0.4) is 0 Å². The molecule has 0 radical (unpaired) electrons. The first-order valence-electron chi connectivity index (χ1n) is 20.7. The Morgan fingerprint density at radius 3 is 1.70 bits per heavy atom. The summed E-state index contributed by atoms with van der Waals surface area (Å²) in [6.45, 7) is 4.68. The van der Waals surface area contributed by atoms with E-state index in [-0.39, 0.29) is 5.41 Å². The molecular weight excluding hydrogens is 727 g/mol. The van der Waals surface area contributed by atoms with Gasteiger partial charge in [-0.05, 0) is 102 Å². The van der Waals surface area contributed by atoms with E-state index < -0.39 is 0 Å². The van der Waals surface area contributed by atoms with Crippen molar-refractivity contribution in [3.63, 3.8) is 0 Å². The predicted octanol–water partition coefficient (Wildman–Crippen LogP) is 14.8. The zero-order chi connectivity index (χ0) is 40.2. The molecule has 0 amide bonds. The molecule has 284 valence electrons. The number of benzene rings is 8. The van der Waals surface area contributed by atoms with Crippen LogP contribution in [0.5, 0.6) is 0 Å². The minimum absolute atomic E-state index is 0.0486. The number of fused-ring (bicyclic) bond motifs is 5. The van der Waals surface area contributed by atoms with Crippen LogP contribution in [0.4, 0.5) is 0 Å². The second kappa shape index (κ2) is 14.4. The summed E-state index contributed by atoms with van der Waals surface area (Å²) in [6.07, 6.45) is 9.72. The highest BCUT2D eigenvalue weighted by Crippen LogP contribution is 2.49. The second-order valence-corrected chi connectivity index (χ2v) is 16.4. The van der Waals surface area contributed by atoms with E-state index in [1.54, 1.807) is 0 Å². The van der Waals surface area contributed by atoms with Crippen molar-refractivity contribution in [2.75, 3.05) is 0 Å². The third-order valence-electron chi connectivity index (χ3n) is 12.3. The van der Waals surface area contributed by atoms with Crippen molar-refractivity contribution in [1.82, 2.24) is 15.0 Å². The van der Waals surface area contributed by atoms with Crippen molar-refractivity contribution in [2.24, 2.45) is 0 Å². The highest BCUT2D eigenvalue weighted by Gasteiger charge is 2.35. The molecule has 9 aromatic rings. The number of rotatable bonds is 6. The number of nitrogens with zero attached hydrogens (tertiary/aromatic N) is 3. The zero-order valence-corrected chi connectivity index (χ0v) is 33.6. The van der Waals surface area contributed by atoms with Gasteiger partial charge in [-0.15, -0.1) is 0 Å². The van der Waals surface area contributed by atoms with E-state index in [1.807, 2.05) is 6.07 Å². The minimum atomic E-state index is -0.0486. The van der Waals surface area contributed by atoms with Crippen LogP contribution in [0.15, 0.2) is 188 Å². The van der Waals surface area contributed by atoms with Crippen LogP contribution in [0, 0.1) is 0 Å². The Labute approximate surface area is 351 Å². The summed E-state index contributed by atoms with van der Waals surface area (Å²) in [5.74, 6) is 1.92. The van der Waals surface area contributed by atoms with Crippen LogP contribution in [0.25, 0.3) is 102 Å². The Hall–Kier alpha value is -7.49. The Kier molecular flexibility index (Phi) is 8.56. The number of allylic oxidation sites excluding steroid dienone is 2. The molecular formula is C57H41N3. The molecule has 0 bridgehead atoms. The van der Waals surface area contributed by atoms with Crippen LogP contribution < -0.4 is 0 Å². The van der Waals surface area contributed by atoms with Crippen molar-refractivity contribution in [2.45, 2.75) is 25.7 Å². The van der Waals surface area contributed by atoms with E-state index in [4.69, 9.17) is 15.0 Å². The average molecular weight is 768 g/mol. The lowest BCUT2D eigenvalue weighted by Gasteiger charge is -2.22. The molecule has 11 rings (SSSR count). The fraction of sp³-hybridized carbons (Fsp3) is 0.0702. The quantitative estimate of drug-likeness (QED) is 0.169. The summed E-state index contributed by atoms with van der Waals surface area (Å²) in [7, 11) is 0. The van der Waals surface area contributed by atoms with Crippen molar-refractivity contribution in [3.8, 4) is 78.7 Å². The maximum Gasteiger partial charge on any atom is 0.165 e. The fourth-order valence-corrected chi connectivity index (χ4v) is 9.16. The SMILES string of the molecule is CC1(C)c2ccccc2-c2ccc(-c3ccc4cc(-c5nc(-c6ccc(-c7ccccc7)cc6)nc(-c6c(-c7ccccc7)ccc7c6C=CCC=C7)n5)ccc4c3)cc21. The lowest BCUT2D eigenvalue weighted by atomic mass is 9.81. The first kappa shape index (κ1) is 35.7. The summed E-state index contributed by atoms with van der Waals surface area (Å²) in [5.41, 5.74) is 17.5. The molecule has 0 saturated heterocycles. The van der Waals surface area contributed by atoms with E-state index in [2.05, 4.69) is 208 Å². The van der Waals surface area contributed by atoms with Gasteiger partial charge in [-0.25, -0.2) is 15.0 Å². The van der Waals surface area contributed by atoms with Gasteiger partial charge in [0.05, 0.1) is 0 Å². The standard InChI is InChI=1S/C57H41N3/c1-57(2)51-21-13-12-20-49(51)50-33-31-45(36-52(50)57)43-26-27-44-35-46(29-28-42(44)34-43)55-58-54(41-24-22-38(23-25-41)37-14-6-3-7-15-37)59-56(60-55)53-47-19-11-5-10-18-40(47)30-32-48(53)39-16-8-4-9-17-39/h3-4,6-36H,5H2,1-2H3. The highest BCUT2D eigenvalue weighted by atomic mass is 15.0. The molecule has 0 unspecified atom stereocenters. The maximum absolute atomic E-state index is 5.35. The third kappa shape index (κ3) is 6.18. The predicted molar refractivity (Wildman–Crippen MR) is 250 cm³/mol. The zero-order valence-electron chi connectivity index (χ0n) is 33.6. The number of aromatic nitrogens is 3. The third-order valence-corrected chi connectivity index (χ3v) is 12.3. The van der Waals surface area contributed by atoms with Crippen molar-refractivity contribution in [3.05, 3.63) is 210 Å². The molecule has 0 aliphatic heterocycles. The molecule has 0 atom stereocenters. The molecule has 60 heavy (non-hydrogen) atoms. The molecule has 3 heteroatoms. The largest absolute Gasteiger partial charge is 0.208 e. The van der Waals surface area contributed by atoms with Gasteiger partial charge in [-0.2, -0.15) is 0 Å². The summed E-state index contributed by atoms with van der Waals surface area (Å²) in [4.78, 5) is 15.9. The molecule has 2 aliphatic rings. The summed E-state index contributed by atoms with van der Waals surface area (Å²) >= 11 is 0. The van der Waals surface area contributed by atoms with Gasteiger partial charge in [0.25, 0.3) is 0 Å². The van der Waals surface area contributed by atoms with Gasteiger partial charge in [0.15, 0.2) is 17.5 Å². The van der Waals surface area contributed by atoms with Crippen LogP contribution >= 0.6 is 0 Å². The first-order chi connectivity index (χ1) is 29.5. The Morgan fingerprint density at radius 1 is 0.383 bits per heavy atom. The van der Waals surface area contributed by atoms with Gasteiger partial charge in [-0.3, -0.25) is 0 Å². The average Bonchev–Trinajstić information content (AvgIpc) is 3.42. The van der Waals surface area contributed by atoms with Crippen LogP contribution in [-0.4, -0.2) is 15.0 Å². The van der Waals surface area contributed by atoms with Crippen molar-refractivity contribution in [1.29, 1.82) is 0 Å². The highest BCUT2D eigenvalue weighted by molar-refractivity contribution is 5.94. The summed E-state index contributed by atoms with van der Waals surface area (Å²) in [5, 5.41) is 2.30. The molecule has 0 N–H and O–H groups in total. The molecule has 0 fully saturated rings. The van der Waals surface area contributed by atoms with E-state index >= 15 is 0 Å². The smallest absolute Gasteiger partial charge is 0.165 e. The minimum Gasteiger partial charge on any atom is -0.208 e. The number of hydrogen-bond acceptors (Lipinski definition) is 3. The van der Waals surface area contributed by atoms with Gasteiger partial charge >= 0.3 is 0 Å². The molecule has 0 spiro atoms. The Morgan fingerprint density at radius 2 is 0.917 bits per heavy atom. The summed E-state index contributed by atoms with van der Waals surface area (Å²) < 4.78 is 0. The van der Waals surface area contributed by atoms with Crippen molar-refractivity contribution >= 4 is 22.9 Å². The van der Waals surface area contributed by atoms with Gasteiger partial charge < -0.3 is 0 Å². The van der Waals surface area contributed by atoms with Crippen LogP contribution in [0.2, 0.25) is 0 Å². The van der Waals surface area contributed by atoms with Gasteiger partial charge in [-0.1, -0.05) is 196 Å². The number of hydrogen-bond donors (Lipinski definition) is 0. The van der Waals surface area contributed by atoms with Gasteiger partial charge in [0.1, 0.15) is 0 Å². The first-order valence-corrected chi connectivity index (χ1v) is 20.7. The maximum atomic E-state index is 5.35. The normalized spacial score (nSPS) is 13.4. The lowest BCUT2D eigenvalue weighted by molar-refractivity contribution is 0.660. The Balaban J connectivity index is 1.04. The molecule has 0 saturated carbocycles. The van der Waals surface area contributed by atoms with Crippen LogP contribution in [0.1, 0.15) is 42.5 Å². The molecule has 2 aliphatic carbocycles. The second-order valence-electron chi connectivity index (χ2n) is 16.4. The molecule has 8 aromatic carbocycles. The van der Waals surface area contributed by atoms with E-state index in [0.717, 1.165) is 56.3 Å². The van der Waals surface area contributed by atoms with Crippen molar-refractivity contribution < 1.29 is 0 Å². The molecule has 1 aromatic heterocycles. The lowest BCUT2D eigenvalue weighted by Crippen LogP contribution is -2.14. The topological polar surface area (TPSA) is 38.7 Å². The van der Waals surface area contributed by atoms with Gasteiger partial charge in [0.2, 0.25) is 0 Å². The monoisotopic (exact) mass is 767 g/mol. The van der Waals surface area contributed by atoms with E-state index in [9.17, 15) is 0 Å². The summed E-state index contributed by atoms with van der Waals surface area (Å²) in [6, 6.07) is 63.1. The molecule has 3 nitrogen and oxygen atoms in total.